The fraction of sp³-hybridized carbons (Fsp3) is 0.667. The molecule has 0 aromatic carbocycles. The Balaban J connectivity index is 2.00. The zero-order valence-corrected chi connectivity index (χ0v) is 14.9. The van der Waals surface area contributed by atoms with Crippen LogP contribution < -0.4 is 5.32 Å². The lowest BCUT2D eigenvalue weighted by Gasteiger charge is -2.22. The lowest BCUT2D eigenvalue weighted by atomic mass is 10.1. The molecule has 0 aliphatic carbocycles. The Morgan fingerprint density at radius 3 is 2.64 bits per heavy atom. The summed E-state index contributed by atoms with van der Waals surface area (Å²) in [4.78, 5) is 10.2. The highest BCUT2D eigenvalue weighted by Gasteiger charge is 2.25. The second kappa shape index (κ2) is 6.85. The van der Waals surface area contributed by atoms with Crippen molar-refractivity contribution >= 4 is 11.3 Å². The first-order chi connectivity index (χ1) is 10.3. The van der Waals surface area contributed by atoms with Crippen LogP contribution in [-0.2, 0) is 16.8 Å². The van der Waals surface area contributed by atoms with Gasteiger partial charge in [0, 0.05) is 11.5 Å². The molecule has 0 fully saturated rings. The van der Waals surface area contributed by atoms with Crippen LogP contribution in [0.2, 0.25) is 0 Å². The van der Waals surface area contributed by atoms with Crippen molar-refractivity contribution in [3.8, 4) is 0 Å². The molecule has 0 bridgehead atoms. The molecule has 0 radical (unpaired) electrons. The normalized spacial score (nSPS) is 13.5. The molecule has 0 spiro atoms. The summed E-state index contributed by atoms with van der Waals surface area (Å²) in [5.41, 5.74) is 0.838. The molecule has 7 heteroatoms. The smallest absolute Gasteiger partial charge is 0.240 e. The number of nitrogens with zero attached hydrogens (tertiary/aromatic N) is 3. The topological polar surface area (TPSA) is 73.1 Å². The van der Waals surface area contributed by atoms with Crippen LogP contribution in [0.25, 0.3) is 0 Å². The molecule has 0 aliphatic heterocycles. The zero-order chi connectivity index (χ0) is 16.3. The molecule has 2 aromatic heterocycles. The van der Waals surface area contributed by atoms with Gasteiger partial charge in [0.25, 0.3) is 0 Å². The Morgan fingerprint density at radius 2 is 2.05 bits per heavy atom. The van der Waals surface area contributed by atoms with Crippen molar-refractivity contribution in [2.24, 2.45) is 0 Å². The van der Waals surface area contributed by atoms with Crippen molar-refractivity contribution in [3.63, 3.8) is 0 Å². The largest absolute Gasteiger partial charge is 0.371 e. The van der Waals surface area contributed by atoms with Crippen LogP contribution >= 0.6 is 11.3 Å². The maximum atomic E-state index is 5.46. The van der Waals surface area contributed by atoms with Crippen molar-refractivity contribution in [3.05, 3.63) is 27.3 Å². The van der Waals surface area contributed by atoms with Gasteiger partial charge in [-0.2, -0.15) is 4.98 Å². The van der Waals surface area contributed by atoms with Gasteiger partial charge in [-0.3, -0.25) is 5.32 Å². The van der Waals surface area contributed by atoms with Crippen LogP contribution in [0.1, 0.15) is 61.1 Å². The fourth-order valence-corrected chi connectivity index (χ4v) is 2.94. The van der Waals surface area contributed by atoms with Crippen molar-refractivity contribution in [2.45, 2.75) is 59.7 Å². The van der Waals surface area contributed by atoms with Gasteiger partial charge in [-0.05, 0) is 41.5 Å². The van der Waals surface area contributed by atoms with E-state index in [0.29, 0.717) is 24.9 Å². The minimum atomic E-state index is -0.246. The summed E-state index contributed by atoms with van der Waals surface area (Å²) in [7, 11) is 0. The molecule has 2 heterocycles. The van der Waals surface area contributed by atoms with E-state index in [9.17, 15) is 0 Å². The van der Waals surface area contributed by atoms with E-state index in [0.717, 1.165) is 10.7 Å². The molecule has 0 saturated carbocycles. The third-order valence-electron chi connectivity index (χ3n) is 3.51. The van der Waals surface area contributed by atoms with E-state index in [1.54, 1.807) is 11.3 Å². The molecule has 0 saturated heterocycles. The van der Waals surface area contributed by atoms with E-state index >= 15 is 0 Å². The van der Waals surface area contributed by atoms with Crippen molar-refractivity contribution < 1.29 is 9.26 Å². The number of aromatic nitrogens is 3. The summed E-state index contributed by atoms with van der Waals surface area (Å²) in [6.45, 7) is 13.3. The van der Waals surface area contributed by atoms with Crippen molar-refractivity contribution in [1.29, 1.82) is 0 Å². The fourth-order valence-electron chi connectivity index (χ4n) is 1.94. The van der Waals surface area contributed by atoms with E-state index in [1.165, 1.54) is 4.88 Å². The highest BCUT2D eigenvalue weighted by molar-refractivity contribution is 7.11. The number of aryl methyl sites for hydroxylation is 2. The average Bonchev–Trinajstić information content (AvgIpc) is 3.05. The molecule has 1 atom stereocenters. The molecule has 22 heavy (non-hydrogen) atoms. The van der Waals surface area contributed by atoms with Gasteiger partial charge in [0.15, 0.2) is 5.82 Å². The Kier molecular flexibility index (Phi) is 5.31. The number of rotatable bonds is 7. The predicted molar refractivity (Wildman–Crippen MR) is 85.8 cm³/mol. The Hall–Kier alpha value is -1.31. The predicted octanol–water partition coefficient (Wildman–Crippen LogP) is 3.27. The van der Waals surface area contributed by atoms with Gasteiger partial charge in [0.1, 0.15) is 11.1 Å². The highest BCUT2D eigenvalue weighted by Crippen LogP contribution is 2.27. The minimum absolute atomic E-state index is 0.153. The number of thiazole rings is 1. The number of nitrogens with one attached hydrogen (secondary N) is 1. The Labute approximate surface area is 135 Å². The first kappa shape index (κ1) is 17.1. The third-order valence-corrected chi connectivity index (χ3v) is 4.91. The summed E-state index contributed by atoms with van der Waals surface area (Å²) < 4.78 is 10.7. The van der Waals surface area contributed by atoms with Crippen LogP contribution in [0, 0.1) is 13.8 Å². The minimum Gasteiger partial charge on any atom is -0.371 e. The molecule has 122 valence electrons. The van der Waals surface area contributed by atoms with E-state index in [1.807, 2.05) is 20.8 Å². The van der Waals surface area contributed by atoms with Gasteiger partial charge in [-0.1, -0.05) is 5.16 Å². The molecule has 2 aromatic rings. The van der Waals surface area contributed by atoms with E-state index in [4.69, 9.17) is 9.26 Å². The lowest BCUT2D eigenvalue weighted by molar-refractivity contribution is 0.0683. The Bertz CT molecular complexity index is 601. The summed E-state index contributed by atoms with van der Waals surface area (Å²) in [6, 6.07) is 0. The van der Waals surface area contributed by atoms with Crippen molar-refractivity contribution in [2.75, 3.05) is 6.61 Å². The summed E-state index contributed by atoms with van der Waals surface area (Å²) in [6.07, 6.45) is -0.153. The molecule has 0 amide bonds. The maximum Gasteiger partial charge on any atom is 0.240 e. The summed E-state index contributed by atoms with van der Waals surface area (Å²) in [5.74, 6) is 1.14. The van der Waals surface area contributed by atoms with E-state index in [-0.39, 0.29) is 11.6 Å². The first-order valence-corrected chi connectivity index (χ1v) is 8.28. The molecule has 1 N–H and O–H groups in total. The molecule has 2 rings (SSSR count). The maximum absolute atomic E-state index is 5.46. The van der Waals surface area contributed by atoms with Gasteiger partial charge < -0.3 is 9.26 Å². The number of hydrogen-bond donors (Lipinski definition) is 1. The first-order valence-electron chi connectivity index (χ1n) is 7.47. The van der Waals surface area contributed by atoms with Gasteiger partial charge in [-0.25, -0.2) is 4.98 Å². The Morgan fingerprint density at radius 1 is 1.32 bits per heavy atom. The second-order valence-electron chi connectivity index (χ2n) is 5.78. The highest BCUT2D eigenvalue weighted by atomic mass is 32.1. The molecule has 1 unspecified atom stereocenters. The second-order valence-corrected chi connectivity index (χ2v) is 6.99. The van der Waals surface area contributed by atoms with Crippen LogP contribution in [0.3, 0.4) is 0 Å². The molecular formula is C15H24N4O2S. The quantitative estimate of drug-likeness (QED) is 0.842. The van der Waals surface area contributed by atoms with Gasteiger partial charge in [-0.15, -0.1) is 11.3 Å². The molecular weight excluding hydrogens is 300 g/mol. The summed E-state index contributed by atoms with van der Waals surface area (Å²) in [5, 5.41) is 8.45. The zero-order valence-electron chi connectivity index (χ0n) is 14.1. The van der Waals surface area contributed by atoms with Crippen LogP contribution in [0.15, 0.2) is 4.52 Å². The number of ether oxygens (including phenoxy) is 1. The molecule has 0 aliphatic rings. The molecule has 6 nitrogen and oxygen atoms in total. The van der Waals surface area contributed by atoms with Gasteiger partial charge in [0.2, 0.25) is 5.89 Å². The average molecular weight is 324 g/mol. The monoisotopic (exact) mass is 324 g/mol. The van der Waals surface area contributed by atoms with Crippen LogP contribution in [0.4, 0.5) is 0 Å². The summed E-state index contributed by atoms with van der Waals surface area (Å²) >= 11 is 1.71. The third kappa shape index (κ3) is 3.91. The van der Waals surface area contributed by atoms with Crippen LogP contribution in [-0.4, -0.2) is 21.7 Å². The number of hydrogen-bond acceptors (Lipinski definition) is 7. The SMILES string of the molecule is CCOC(C)c1noc(CNC(C)(C)c2nc(C)c(C)s2)n1. The lowest BCUT2D eigenvalue weighted by Crippen LogP contribution is -2.36. The van der Waals surface area contributed by atoms with E-state index < -0.39 is 0 Å². The van der Waals surface area contributed by atoms with Crippen molar-refractivity contribution in [1.82, 2.24) is 20.4 Å². The van der Waals surface area contributed by atoms with Gasteiger partial charge >= 0.3 is 0 Å². The van der Waals surface area contributed by atoms with Gasteiger partial charge in [0.05, 0.1) is 17.8 Å². The standard InChI is InChI=1S/C15H24N4O2S/c1-7-20-10(3)13-18-12(21-19-13)8-16-15(5,6)14-17-9(2)11(4)22-14/h10,16H,7-8H2,1-6H3. The van der Waals surface area contributed by atoms with Crippen LogP contribution in [0.5, 0.6) is 0 Å². The van der Waals surface area contributed by atoms with E-state index in [2.05, 4.69) is 41.2 Å².